The van der Waals surface area contributed by atoms with E-state index in [9.17, 15) is 13.2 Å². The number of ether oxygens (including phenoxy) is 1. The van der Waals surface area contributed by atoms with Crippen LogP contribution in [0.5, 0.6) is 0 Å². The summed E-state index contributed by atoms with van der Waals surface area (Å²) < 4.78 is 33.2. The molecule has 1 amide bonds. The average molecular weight is 446 g/mol. The highest BCUT2D eigenvalue weighted by Gasteiger charge is 2.33. The first kappa shape index (κ1) is 23.2. The summed E-state index contributed by atoms with van der Waals surface area (Å²) in [6.45, 7) is 10.5. The zero-order valence-electron chi connectivity index (χ0n) is 18.5. The molecule has 1 aliphatic heterocycles. The van der Waals surface area contributed by atoms with Gasteiger partial charge in [-0.25, -0.2) is 8.42 Å². The van der Waals surface area contributed by atoms with Crippen molar-refractivity contribution in [1.29, 1.82) is 0 Å². The fourth-order valence-corrected chi connectivity index (χ4v) is 4.77. The number of nitrogens with one attached hydrogen (secondary N) is 2. The minimum Gasteiger partial charge on any atom is -0.373 e. The highest BCUT2D eigenvalue weighted by atomic mass is 32.2. The van der Waals surface area contributed by atoms with Crippen molar-refractivity contribution in [3.8, 4) is 0 Å². The van der Waals surface area contributed by atoms with E-state index in [0.717, 1.165) is 13.1 Å². The lowest BCUT2D eigenvalue weighted by atomic mass is 10.00. The molecule has 0 aromatic heterocycles. The molecule has 0 radical (unpaired) electrons. The standard InChI is InChI=1S/C23H31N3O4S/c1-17-14-26(15-18(2)30-17)23(3,4)16-24-22(27)19-10-12-20(13-11-19)25-31(28,29)21-8-6-5-7-9-21/h5-13,17-18,25H,14-16H2,1-4H3,(H,24,27)/t17-,18-/m1/s1. The molecule has 1 heterocycles. The van der Waals surface area contributed by atoms with E-state index in [1.165, 1.54) is 12.1 Å². The summed E-state index contributed by atoms with van der Waals surface area (Å²) in [5.41, 5.74) is 0.659. The minimum absolute atomic E-state index is 0.158. The first-order valence-corrected chi connectivity index (χ1v) is 11.9. The fourth-order valence-electron chi connectivity index (χ4n) is 3.69. The number of nitrogens with zero attached hydrogens (tertiary/aromatic N) is 1. The van der Waals surface area contributed by atoms with Gasteiger partial charge in [-0.15, -0.1) is 0 Å². The third kappa shape index (κ3) is 6.06. The van der Waals surface area contributed by atoms with Crippen molar-refractivity contribution in [3.05, 3.63) is 60.2 Å². The van der Waals surface area contributed by atoms with Crippen molar-refractivity contribution in [3.63, 3.8) is 0 Å². The molecule has 2 aromatic rings. The van der Waals surface area contributed by atoms with Gasteiger partial charge in [0.2, 0.25) is 0 Å². The molecule has 7 nitrogen and oxygen atoms in total. The van der Waals surface area contributed by atoms with E-state index in [2.05, 4.69) is 42.6 Å². The maximum absolute atomic E-state index is 12.6. The van der Waals surface area contributed by atoms with Gasteiger partial charge in [-0.1, -0.05) is 18.2 Å². The van der Waals surface area contributed by atoms with Crippen LogP contribution in [0.3, 0.4) is 0 Å². The molecule has 0 spiro atoms. The van der Waals surface area contributed by atoms with E-state index in [4.69, 9.17) is 4.74 Å². The van der Waals surface area contributed by atoms with E-state index in [1.807, 2.05) is 0 Å². The number of amides is 1. The van der Waals surface area contributed by atoms with E-state index in [0.29, 0.717) is 17.8 Å². The van der Waals surface area contributed by atoms with Crippen LogP contribution in [0.2, 0.25) is 0 Å². The largest absolute Gasteiger partial charge is 0.373 e. The molecule has 2 aromatic carbocycles. The predicted molar refractivity (Wildman–Crippen MR) is 122 cm³/mol. The summed E-state index contributed by atoms with van der Waals surface area (Å²) in [5, 5.41) is 3.00. The minimum atomic E-state index is -3.66. The van der Waals surface area contributed by atoms with Crippen LogP contribution < -0.4 is 10.0 Å². The zero-order valence-corrected chi connectivity index (χ0v) is 19.3. The first-order chi connectivity index (χ1) is 14.6. The topological polar surface area (TPSA) is 87.7 Å². The second-order valence-electron chi connectivity index (χ2n) is 8.65. The van der Waals surface area contributed by atoms with Crippen molar-refractivity contribution >= 4 is 21.6 Å². The molecular weight excluding hydrogens is 414 g/mol. The smallest absolute Gasteiger partial charge is 0.261 e. The lowest BCUT2D eigenvalue weighted by Crippen LogP contribution is -2.58. The van der Waals surface area contributed by atoms with Crippen LogP contribution in [0.4, 0.5) is 5.69 Å². The van der Waals surface area contributed by atoms with Crippen molar-refractivity contribution in [2.24, 2.45) is 0 Å². The van der Waals surface area contributed by atoms with Crippen LogP contribution in [-0.4, -0.2) is 56.6 Å². The van der Waals surface area contributed by atoms with Crippen LogP contribution in [-0.2, 0) is 14.8 Å². The number of anilines is 1. The second-order valence-corrected chi connectivity index (χ2v) is 10.3. The van der Waals surface area contributed by atoms with Crippen molar-refractivity contribution in [1.82, 2.24) is 10.2 Å². The fraction of sp³-hybridized carbons (Fsp3) is 0.435. The monoisotopic (exact) mass is 445 g/mol. The Morgan fingerprint density at radius 2 is 1.61 bits per heavy atom. The normalized spacial score (nSPS) is 20.3. The maximum atomic E-state index is 12.6. The number of carbonyl (C=O) groups excluding carboxylic acids is 1. The zero-order chi connectivity index (χ0) is 22.6. The van der Waals surface area contributed by atoms with Gasteiger partial charge < -0.3 is 10.1 Å². The summed E-state index contributed by atoms with van der Waals surface area (Å²) in [7, 11) is -3.66. The number of hydrogen-bond donors (Lipinski definition) is 2. The SMILES string of the molecule is C[C@@H]1CN(C(C)(C)CNC(=O)c2ccc(NS(=O)(=O)c3ccccc3)cc2)C[C@@H](C)O1. The van der Waals surface area contributed by atoms with Crippen LogP contribution in [0.1, 0.15) is 38.1 Å². The number of hydrogen-bond acceptors (Lipinski definition) is 5. The Balaban J connectivity index is 1.59. The van der Waals surface area contributed by atoms with E-state index in [1.54, 1.807) is 42.5 Å². The van der Waals surface area contributed by atoms with Crippen LogP contribution in [0.25, 0.3) is 0 Å². The molecule has 8 heteroatoms. The highest BCUT2D eigenvalue weighted by Crippen LogP contribution is 2.21. The molecule has 31 heavy (non-hydrogen) atoms. The molecule has 168 valence electrons. The molecule has 0 unspecified atom stereocenters. The molecular formula is C23H31N3O4S. The Labute approximate surface area is 184 Å². The molecule has 3 rings (SSSR count). The lowest BCUT2D eigenvalue weighted by Gasteiger charge is -2.45. The number of carbonyl (C=O) groups is 1. The predicted octanol–water partition coefficient (Wildman–Crippen LogP) is 3.11. The van der Waals surface area contributed by atoms with E-state index >= 15 is 0 Å². The van der Waals surface area contributed by atoms with Gasteiger partial charge in [0.25, 0.3) is 15.9 Å². The number of benzene rings is 2. The summed E-state index contributed by atoms with van der Waals surface area (Å²) in [6.07, 6.45) is 0.317. The quantitative estimate of drug-likeness (QED) is 0.684. The Kier molecular flexibility index (Phi) is 7.03. The maximum Gasteiger partial charge on any atom is 0.261 e. The lowest BCUT2D eigenvalue weighted by molar-refractivity contribution is -0.0948. The summed E-state index contributed by atoms with van der Waals surface area (Å²) in [5.74, 6) is -0.195. The Hall–Kier alpha value is -2.42. The van der Waals surface area contributed by atoms with Gasteiger partial charge in [-0.05, 0) is 64.1 Å². The summed E-state index contributed by atoms with van der Waals surface area (Å²) in [6, 6.07) is 14.6. The second kappa shape index (κ2) is 9.38. The van der Waals surface area contributed by atoms with Crippen LogP contribution in [0.15, 0.2) is 59.5 Å². The van der Waals surface area contributed by atoms with Crippen LogP contribution >= 0.6 is 0 Å². The molecule has 2 atom stereocenters. The van der Waals surface area contributed by atoms with Gasteiger partial charge >= 0.3 is 0 Å². The molecule has 1 saturated heterocycles. The van der Waals surface area contributed by atoms with Gasteiger partial charge in [0.15, 0.2) is 0 Å². The molecule has 0 saturated carbocycles. The van der Waals surface area contributed by atoms with Gasteiger partial charge in [0.1, 0.15) is 0 Å². The van der Waals surface area contributed by atoms with Gasteiger partial charge in [0, 0.05) is 36.4 Å². The third-order valence-corrected chi connectivity index (χ3v) is 6.81. The van der Waals surface area contributed by atoms with Crippen molar-refractivity contribution in [2.45, 2.75) is 50.3 Å². The van der Waals surface area contributed by atoms with Crippen LogP contribution in [0, 0.1) is 0 Å². The highest BCUT2D eigenvalue weighted by molar-refractivity contribution is 7.92. The summed E-state index contributed by atoms with van der Waals surface area (Å²) in [4.78, 5) is 15.2. The Bertz CT molecular complexity index is 981. The number of morpholine rings is 1. The van der Waals surface area contributed by atoms with E-state index in [-0.39, 0.29) is 28.5 Å². The molecule has 1 aliphatic rings. The Morgan fingerprint density at radius 1 is 1.03 bits per heavy atom. The van der Waals surface area contributed by atoms with Crippen molar-refractivity contribution < 1.29 is 17.9 Å². The van der Waals surface area contributed by atoms with E-state index < -0.39 is 10.0 Å². The average Bonchev–Trinajstić information content (AvgIpc) is 2.72. The van der Waals surface area contributed by atoms with Gasteiger partial charge in [-0.2, -0.15) is 0 Å². The first-order valence-electron chi connectivity index (χ1n) is 10.4. The molecule has 0 aliphatic carbocycles. The van der Waals surface area contributed by atoms with Gasteiger partial charge in [0.05, 0.1) is 17.1 Å². The molecule has 2 N–H and O–H groups in total. The number of rotatable bonds is 7. The van der Waals surface area contributed by atoms with Crippen molar-refractivity contribution in [2.75, 3.05) is 24.4 Å². The third-order valence-electron chi connectivity index (χ3n) is 5.41. The number of sulfonamides is 1. The molecule has 0 bridgehead atoms. The summed E-state index contributed by atoms with van der Waals surface area (Å²) >= 11 is 0. The molecule has 1 fully saturated rings. The Morgan fingerprint density at radius 3 is 2.19 bits per heavy atom. The van der Waals surface area contributed by atoms with Gasteiger partial charge in [-0.3, -0.25) is 14.4 Å².